The number of carbonyl (C=O) groups excluding carboxylic acids is 1. The van der Waals surface area contributed by atoms with Crippen molar-refractivity contribution in [2.75, 3.05) is 0 Å². The first-order chi connectivity index (χ1) is 9.06. The summed E-state index contributed by atoms with van der Waals surface area (Å²) in [6, 6.07) is 10.2. The van der Waals surface area contributed by atoms with E-state index in [1.54, 1.807) is 0 Å². The van der Waals surface area contributed by atoms with Crippen LogP contribution in [0.3, 0.4) is 0 Å². The van der Waals surface area contributed by atoms with E-state index < -0.39 is 5.54 Å². The molecule has 0 heterocycles. The molecule has 0 aliphatic heterocycles. The van der Waals surface area contributed by atoms with E-state index in [1.165, 1.54) is 12.0 Å². The van der Waals surface area contributed by atoms with Crippen LogP contribution in [0.15, 0.2) is 30.3 Å². The van der Waals surface area contributed by atoms with Crippen LogP contribution in [0.2, 0.25) is 0 Å². The zero-order valence-corrected chi connectivity index (χ0v) is 11.9. The van der Waals surface area contributed by atoms with Crippen molar-refractivity contribution in [3.05, 3.63) is 35.9 Å². The van der Waals surface area contributed by atoms with Crippen molar-refractivity contribution in [1.29, 1.82) is 0 Å². The summed E-state index contributed by atoms with van der Waals surface area (Å²) in [5, 5.41) is 3.46. The third-order valence-corrected chi connectivity index (χ3v) is 4.75. The highest BCUT2D eigenvalue weighted by Gasteiger charge is 2.45. The summed E-state index contributed by atoms with van der Waals surface area (Å²) in [5.74, 6) is 0.606. The lowest BCUT2D eigenvalue weighted by Crippen LogP contribution is -2.62. The van der Waals surface area contributed by atoms with Crippen LogP contribution in [0, 0.1) is 11.8 Å². The summed E-state index contributed by atoms with van der Waals surface area (Å²) in [5.41, 5.74) is 6.36. The van der Waals surface area contributed by atoms with E-state index in [0.29, 0.717) is 12.5 Å². The predicted octanol–water partition coefficient (Wildman–Crippen LogP) is 2.46. The largest absolute Gasteiger partial charge is 0.368 e. The Morgan fingerprint density at radius 2 is 2.05 bits per heavy atom. The number of nitrogens with one attached hydrogen (secondary N) is 1. The van der Waals surface area contributed by atoms with Gasteiger partial charge >= 0.3 is 0 Å². The zero-order valence-electron chi connectivity index (χ0n) is 11.9. The number of carbonyl (C=O) groups is 1. The van der Waals surface area contributed by atoms with Gasteiger partial charge in [0.15, 0.2) is 0 Å². The molecule has 3 unspecified atom stereocenters. The number of hydrogen-bond acceptors (Lipinski definition) is 2. The van der Waals surface area contributed by atoms with E-state index in [0.717, 1.165) is 12.8 Å². The highest BCUT2D eigenvalue weighted by molar-refractivity contribution is 5.85. The molecule has 1 aromatic rings. The summed E-state index contributed by atoms with van der Waals surface area (Å²) >= 11 is 0. The Labute approximate surface area is 115 Å². The second kappa shape index (κ2) is 5.74. The number of hydrogen-bond donors (Lipinski definition) is 2. The molecule has 0 bridgehead atoms. The number of amides is 1. The lowest BCUT2D eigenvalue weighted by molar-refractivity contribution is -0.129. The first-order valence-corrected chi connectivity index (χ1v) is 7.15. The molecule has 1 aliphatic rings. The molecule has 19 heavy (non-hydrogen) atoms. The minimum atomic E-state index is -0.548. The molecule has 0 spiro atoms. The lowest BCUT2D eigenvalue weighted by atomic mass is 9.68. The molecule has 3 N–H and O–H groups in total. The molecule has 0 radical (unpaired) electrons. The summed E-state index contributed by atoms with van der Waals surface area (Å²) in [7, 11) is 0. The van der Waals surface area contributed by atoms with Crippen molar-refractivity contribution >= 4 is 5.91 Å². The van der Waals surface area contributed by atoms with E-state index in [1.807, 2.05) is 18.2 Å². The quantitative estimate of drug-likeness (QED) is 0.873. The van der Waals surface area contributed by atoms with Gasteiger partial charge in [-0.15, -0.1) is 0 Å². The summed E-state index contributed by atoms with van der Waals surface area (Å²) < 4.78 is 0. The average Bonchev–Trinajstić information content (AvgIpc) is 2.41. The van der Waals surface area contributed by atoms with Gasteiger partial charge in [-0.3, -0.25) is 10.1 Å². The number of benzene rings is 1. The SMILES string of the molecule is CC1CCCC(NCc2ccccc2)(C(N)=O)C1C. The Morgan fingerprint density at radius 3 is 2.68 bits per heavy atom. The van der Waals surface area contributed by atoms with E-state index in [2.05, 4.69) is 31.3 Å². The van der Waals surface area contributed by atoms with Crippen LogP contribution in [0.1, 0.15) is 38.7 Å². The third kappa shape index (κ3) is 2.81. The molecule has 1 fully saturated rings. The molecular weight excluding hydrogens is 236 g/mol. The molecule has 3 heteroatoms. The first kappa shape index (κ1) is 14.1. The Balaban J connectivity index is 2.14. The normalized spacial score (nSPS) is 31.1. The molecule has 104 valence electrons. The van der Waals surface area contributed by atoms with Gasteiger partial charge in [-0.2, -0.15) is 0 Å². The van der Waals surface area contributed by atoms with Gasteiger partial charge < -0.3 is 5.73 Å². The molecule has 3 nitrogen and oxygen atoms in total. The van der Waals surface area contributed by atoms with Crippen molar-refractivity contribution in [2.45, 2.75) is 45.2 Å². The highest BCUT2D eigenvalue weighted by atomic mass is 16.1. The molecule has 0 aromatic heterocycles. The Bertz CT molecular complexity index is 432. The van der Waals surface area contributed by atoms with E-state index in [9.17, 15) is 4.79 Å². The maximum Gasteiger partial charge on any atom is 0.238 e. The summed E-state index contributed by atoms with van der Waals surface area (Å²) in [4.78, 5) is 12.0. The van der Waals surface area contributed by atoms with Gasteiger partial charge in [0, 0.05) is 6.54 Å². The molecule has 0 saturated heterocycles. The van der Waals surface area contributed by atoms with Gasteiger partial charge in [0.2, 0.25) is 5.91 Å². The second-order valence-electron chi connectivity index (χ2n) is 5.83. The van der Waals surface area contributed by atoms with E-state index in [4.69, 9.17) is 5.73 Å². The fourth-order valence-electron chi connectivity index (χ4n) is 3.21. The third-order valence-electron chi connectivity index (χ3n) is 4.75. The molecule has 1 aliphatic carbocycles. The Morgan fingerprint density at radius 1 is 1.37 bits per heavy atom. The molecule has 3 atom stereocenters. The van der Waals surface area contributed by atoms with Crippen LogP contribution in [-0.2, 0) is 11.3 Å². The molecule has 2 rings (SSSR count). The Kier molecular flexibility index (Phi) is 4.25. The van der Waals surface area contributed by atoms with Crippen LogP contribution in [-0.4, -0.2) is 11.4 Å². The minimum absolute atomic E-state index is 0.206. The molecule has 1 amide bonds. The van der Waals surface area contributed by atoms with Crippen LogP contribution in [0.5, 0.6) is 0 Å². The minimum Gasteiger partial charge on any atom is -0.368 e. The lowest BCUT2D eigenvalue weighted by Gasteiger charge is -2.44. The van der Waals surface area contributed by atoms with Crippen molar-refractivity contribution in [2.24, 2.45) is 17.6 Å². The molecule has 1 saturated carbocycles. The van der Waals surface area contributed by atoms with Crippen LogP contribution in [0.4, 0.5) is 0 Å². The predicted molar refractivity (Wildman–Crippen MR) is 77.4 cm³/mol. The number of primary amides is 1. The highest BCUT2D eigenvalue weighted by Crippen LogP contribution is 2.37. The standard InChI is InChI=1S/C16H24N2O/c1-12-7-6-10-16(13(12)2,15(17)19)18-11-14-8-4-3-5-9-14/h3-5,8-9,12-13,18H,6-7,10-11H2,1-2H3,(H2,17,19). The van der Waals surface area contributed by atoms with Crippen molar-refractivity contribution in [1.82, 2.24) is 5.32 Å². The maximum absolute atomic E-state index is 12.0. The van der Waals surface area contributed by atoms with Crippen LogP contribution >= 0.6 is 0 Å². The topological polar surface area (TPSA) is 55.1 Å². The average molecular weight is 260 g/mol. The number of rotatable bonds is 4. The van der Waals surface area contributed by atoms with Gasteiger partial charge in [-0.05, 0) is 23.8 Å². The summed E-state index contributed by atoms with van der Waals surface area (Å²) in [6.45, 7) is 5.05. The number of nitrogens with two attached hydrogens (primary N) is 1. The fraction of sp³-hybridized carbons (Fsp3) is 0.562. The maximum atomic E-state index is 12.0. The smallest absolute Gasteiger partial charge is 0.238 e. The fourth-order valence-corrected chi connectivity index (χ4v) is 3.21. The van der Waals surface area contributed by atoms with E-state index >= 15 is 0 Å². The first-order valence-electron chi connectivity index (χ1n) is 7.15. The van der Waals surface area contributed by atoms with Gasteiger partial charge in [-0.1, -0.05) is 57.0 Å². The van der Waals surface area contributed by atoms with Crippen molar-refractivity contribution in [3.8, 4) is 0 Å². The molecule has 1 aromatic carbocycles. The Hall–Kier alpha value is -1.35. The van der Waals surface area contributed by atoms with E-state index in [-0.39, 0.29) is 11.8 Å². The molecular formula is C16H24N2O. The van der Waals surface area contributed by atoms with Gasteiger partial charge in [0.05, 0.1) is 0 Å². The van der Waals surface area contributed by atoms with Gasteiger partial charge in [0.1, 0.15) is 5.54 Å². The summed E-state index contributed by atoms with van der Waals surface area (Å²) in [6.07, 6.45) is 3.10. The van der Waals surface area contributed by atoms with Crippen LogP contribution in [0.25, 0.3) is 0 Å². The van der Waals surface area contributed by atoms with Crippen molar-refractivity contribution < 1.29 is 4.79 Å². The van der Waals surface area contributed by atoms with Crippen molar-refractivity contribution in [3.63, 3.8) is 0 Å². The monoisotopic (exact) mass is 260 g/mol. The second-order valence-corrected chi connectivity index (χ2v) is 5.83. The zero-order chi connectivity index (χ0) is 13.9. The van der Waals surface area contributed by atoms with Crippen LogP contribution < -0.4 is 11.1 Å². The van der Waals surface area contributed by atoms with Gasteiger partial charge in [0.25, 0.3) is 0 Å². The van der Waals surface area contributed by atoms with Gasteiger partial charge in [-0.25, -0.2) is 0 Å².